The zero-order valence-electron chi connectivity index (χ0n) is 16.0. The fraction of sp³-hybridized carbons (Fsp3) is 0.364. The van der Waals surface area contributed by atoms with E-state index in [4.69, 9.17) is 4.74 Å². The molecule has 0 aliphatic heterocycles. The molecule has 0 aliphatic carbocycles. The number of ether oxygens (including phenoxy) is 1. The Labute approximate surface area is 155 Å². The van der Waals surface area contributed by atoms with Crippen molar-refractivity contribution in [2.24, 2.45) is 0 Å². The summed E-state index contributed by atoms with van der Waals surface area (Å²) in [6, 6.07) is 15.3. The van der Waals surface area contributed by atoms with Crippen LogP contribution in [0.3, 0.4) is 0 Å². The van der Waals surface area contributed by atoms with Crippen molar-refractivity contribution in [1.29, 1.82) is 0 Å². The topological polar surface area (TPSA) is 55.4 Å². The lowest BCUT2D eigenvalue weighted by Gasteiger charge is -2.26. The van der Waals surface area contributed by atoms with Crippen LogP contribution < -0.4 is 10.1 Å². The van der Waals surface area contributed by atoms with Crippen molar-refractivity contribution >= 4 is 11.7 Å². The smallest absolute Gasteiger partial charge is 0.220 e. The van der Waals surface area contributed by atoms with Gasteiger partial charge in [-0.15, -0.1) is 0 Å². The van der Waals surface area contributed by atoms with E-state index >= 15 is 0 Å². The van der Waals surface area contributed by atoms with Gasteiger partial charge in [-0.2, -0.15) is 0 Å². The number of hydrogen-bond donors (Lipinski definition) is 1. The predicted molar refractivity (Wildman–Crippen MR) is 104 cm³/mol. The molecule has 0 saturated carbocycles. The number of benzene rings is 2. The minimum absolute atomic E-state index is 0.0598. The molecule has 2 aromatic carbocycles. The zero-order valence-corrected chi connectivity index (χ0v) is 16.0. The molecule has 2 aromatic rings. The summed E-state index contributed by atoms with van der Waals surface area (Å²) in [5.74, 6) is 0.466. The van der Waals surface area contributed by atoms with Crippen molar-refractivity contribution in [2.45, 2.75) is 45.6 Å². The summed E-state index contributed by atoms with van der Waals surface area (Å²) >= 11 is 0. The Balaban J connectivity index is 1.86. The van der Waals surface area contributed by atoms with Crippen LogP contribution in [0.25, 0.3) is 0 Å². The van der Waals surface area contributed by atoms with Gasteiger partial charge in [0.2, 0.25) is 5.91 Å². The molecule has 2 rings (SSSR count). The monoisotopic (exact) mass is 353 g/mol. The fourth-order valence-corrected chi connectivity index (χ4v) is 2.87. The molecule has 138 valence electrons. The fourth-order valence-electron chi connectivity index (χ4n) is 2.87. The summed E-state index contributed by atoms with van der Waals surface area (Å²) in [5, 5.41) is 3.03. The number of carbonyl (C=O) groups is 2. The zero-order chi connectivity index (χ0) is 19.2. The van der Waals surface area contributed by atoms with Gasteiger partial charge >= 0.3 is 0 Å². The molecule has 26 heavy (non-hydrogen) atoms. The number of hydrogen-bond acceptors (Lipinski definition) is 3. The highest BCUT2D eigenvalue weighted by Crippen LogP contribution is 2.16. The second-order valence-corrected chi connectivity index (χ2v) is 7.25. The quantitative estimate of drug-likeness (QED) is 0.727. The molecule has 0 unspecified atom stereocenters. The SMILES string of the molecule is COc1cccc(C(=O)CCC(=O)NC(C)(C)Cc2ccc(C)cc2)c1. The summed E-state index contributed by atoms with van der Waals surface area (Å²) in [7, 11) is 1.56. The molecule has 0 spiro atoms. The van der Waals surface area contributed by atoms with Crippen molar-refractivity contribution in [3.05, 3.63) is 65.2 Å². The van der Waals surface area contributed by atoms with Gasteiger partial charge in [-0.05, 0) is 44.9 Å². The molecule has 4 heteroatoms. The van der Waals surface area contributed by atoms with Gasteiger partial charge in [0.15, 0.2) is 5.78 Å². The molecule has 1 amide bonds. The second kappa shape index (κ2) is 8.65. The Bertz CT molecular complexity index is 763. The average Bonchev–Trinajstić information content (AvgIpc) is 2.61. The maximum absolute atomic E-state index is 12.3. The molecule has 1 N–H and O–H groups in total. The van der Waals surface area contributed by atoms with Crippen LogP contribution in [0.4, 0.5) is 0 Å². The largest absolute Gasteiger partial charge is 0.497 e. The number of methoxy groups -OCH3 is 1. The first-order chi connectivity index (χ1) is 12.3. The summed E-state index contributed by atoms with van der Waals surface area (Å²) in [5.41, 5.74) is 2.59. The van der Waals surface area contributed by atoms with Gasteiger partial charge in [0.1, 0.15) is 5.75 Å². The van der Waals surface area contributed by atoms with Crippen LogP contribution in [0.1, 0.15) is 48.2 Å². The molecule has 0 atom stereocenters. The van der Waals surface area contributed by atoms with Crippen LogP contribution in [0.15, 0.2) is 48.5 Å². The molecule has 0 bridgehead atoms. The van der Waals surface area contributed by atoms with Gasteiger partial charge in [0.05, 0.1) is 7.11 Å². The van der Waals surface area contributed by atoms with E-state index in [-0.39, 0.29) is 30.1 Å². The lowest BCUT2D eigenvalue weighted by molar-refractivity contribution is -0.122. The lowest BCUT2D eigenvalue weighted by Crippen LogP contribution is -2.45. The van der Waals surface area contributed by atoms with E-state index in [1.807, 2.05) is 13.8 Å². The maximum Gasteiger partial charge on any atom is 0.220 e. The number of carbonyl (C=O) groups excluding carboxylic acids is 2. The molecule has 0 radical (unpaired) electrons. The standard InChI is InChI=1S/C22H27NO3/c1-16-8-10-17(11-9-16)15-22(2,3)23-21(25)13-12-20(24)18-6-5-7-19(14-18)26-4/h5-11,14H,12-13,15H2,1-4H3,(H,23,25). The first-order valence-electron chi connectivity index (χ1n) is 8.83. The van der Waals surface area contributed by atoms with Gasteiger partial charge in [-0.25, -0.2) is 0 Å². The van der Waals surface area contributed by atoms with Gasteiger partial charge in [0.25, 0.3) is 0 Å². The molecule has 0 aromatic heterocycles. The highest BCUT2D eigenvalue weighted by molar-refractivity contribution is 5.98. The molecule has 4 nitrogen and oxygen atoms in total. The van der Waals surface area contributed by atoms with Crippen LogP contribution in [-0.2, 0) is 11.2 Å². The average molecular weight is 353 g/mol. The summed E-state index contributed by atoms with van der Waals surface area (Å²) < 4.78 is 5.13. The third-order valence-electron chi connectivity index (χ3n) is 4.22. The van der Waals surface area contributed by atoms with Gasteiger partial charge in [-0.3, -0.25) is 9.59 Å². The van der Waals surface area contributed by atoms with E-state index in [0.29, 0.717) is 11.3 Å². The highest BCUT2D eigenvalue weighted by Gasteiger charge is 2.21. The number of aryl methyl sites for hydroxylation is 1. The number of amides is 1. The number of Topliss-reactive ketones (excluding diaryl/α,β-unsaturated/α-hetero) is 1. The van der Waals surface area contributed by atoms with Crippen LogP contribution in [-0.4, -0.2) is 24.3 Å². The van der Waals surface area contributed by atoms with Crippen molar-refractivity contribution in [3.8, 4) is 5.75 Å². The summed E-state index contributed by atoms with van der Waals surface area (Å²) in [6.45, 7) is 6.04. The summed E-state index contributed by atoms with van der Waals surface area (Å²) in [6.07, 6.45) is 1.09. The Morgan fingerprint density at radius 2 is 1.73 bits per heavy atom. The molecular weight excluding hydrogens is 326 g/mol. The minimum atomic E-state index is -0.370. The predicted octanol–water partition coefficient (Wildman–Crippen LogP) is 4.10. The van der Waals surface area contributed by atoms with Crippen molar-refractivity contribution in [1.82, 2.24) is 5.32 Å². The van der Waals surface area contributed by atoms with Crippen molar-refractivity contribution in [3.63, 3.8) is 0 Å². The number of nitrogens with one attached hydrogen (secondary N) is 1. The molecular formula is C22H27NO3. The van der Waals surface area contributed by atoms with Gasteiger partial charge in [0, 0.05) is 23.9 Å². The third kappa shape index (κ3) is 6.03. The molecule has 0 fully saturated rings. The molecule has 0 aliphatic rings. The van der Waals surface area contributed by atoms with Gasteiger partial charge < -0.3 is 10.1 Å². The maximum atomic E-state index is 12.3. The molecule has 0 saturated heterocycles. The van der Waals surface area contributed by atoms with E-state index in [2.05, 4.69) is 36.5 Å². The first-order valence-corrected chi connectivity index (χ1v) is 8.83. The molecule has 0 heterocycles. The number of rotatable bonds is 8. The van der Waals surface area contributed by atoms with E-state index in [9.17, 15) is 9.59 Å². The minimum Gasteiger partial charge on any atom is -0.497 e. The Hall–Kier alpha value is -2.62. The normalized spacial score (nSPS) is 11.1. The number of ketones is 1. The van der Waals surface area contributed by atoms with Crippen molar-refractivity contribution < 1.29 is 14.3 Å². The Morgan fingerprint density at radius 3 is 2.38 bits per heavy atom. The Morgan fingerprint density at radius 1 is 1.04 bits per heavy atom. The van der Waals surface area contributed by atoms with Crippen LogP contribution in [0, 0.1) is 6.92 Å². The lowest BCUT2D eigenvalue weighted by atomic mass is 9.94. The van der Waals surface area contributed by atoms with Crippen LogP contribution in [0.5, 0.6) is 5.75 Å². The third-order valence-corrected chi connectivity index (χ3v) is 4.22. The second-order valence-electron chi connectivity index (χ2n) is 7.25. The summed E-state index contributed by atoms with van der Waals surface area (Å²) in [4.78, 5) is 24.5. The Kier molecular flexibility index (Phi) is 6.56. The van der Waals surface area contributed by atoms with E-state index in [0.717, 1.165) is 6.42 Å². The van der Waals surface area contributed by atoms with Crippen molar-refractivity contribution in [2.75, 3.05) is 7.11 Å². The van der Waals surface area contributed by atoms with Crippen LogP contribution in [0.2, 0.25) is 0 Å². The van der Waals surface area contributed by atoms with Gasteiger partial charge in [-0.1, -0.05) is 42.0 Å². The van der Waals surface area contributed by atoms with E-state index < -0.39 is 0 Å². The van der Waals surface area contributed by atoms with E-state index in [1.54, 1.807) is 31.4 Å². The van der Waals surface area contributed by atoms with E-state index in [1.165, 1.54) is 11.1 Å². The van der Waals surface area contributed by atoms with Crippen LogP contribution >= 0.6 is 0 Å². The highest BCUT2D eigenvalue weighted by atomic mass is 16.5. The first kappa shape index (κ1) is 19.7.